The van der Waals surface area contributed by atoms with Crippen LogP contribution in [0, 0.1) is 6.92 Å². The summed E-state index contributed by atoms with van der Waals surface area (Å²) in [5.74, 6) is 0. The van der Waals surface area contributed by atoms with Crippen molar-refractivity contribution in [2.75, 3.05) is 0 Å². The van der Waals surface area contributed by atoms with E-state index in [2.05, 4.69) is 0 Å². The number of hydrogen-bond acceptors (Lipinski definition) is 0. The van der Waals surface area contributed by atoms with E-state index in [9.17, 15) is 13.2 Å². The van der Waals surface area contributed by atoms with Crippen LogP contribution in [0.25, 0.3) is 0 Å². The summed E-state index contributed by atoms with van der Waals surface area (Å²) in [7, 11) is 0. The molecule has 0 nitrogen and oxygen atoms in total. The predicted octanol–water partition coefficient (Wildman–Crippen LogP) is 3.67. The molecule has 0 saturated carbocycles. The van der Waals surface area contributed by atoms with Gasteiger partial charge in [0.15, 0.2) is 0 Å². The lowest BCUT2D eigenvalue weighted by Gasteiger charge is -2.08. The van der Waals surface area contributed by atoms with Gasteiger partial charge in [-0.15, -0.1) is 0 Å². The van der Waals surface area contributed by atoms with E-state index in [-0.39, 0.29) is 5.02 Å². The second-order valence-corrected chi connectivity index (χ2v) is 2.89. The minimum absolute atomic E-state index is 0.256. The third-order valence-corrected chi connectivity index (χ3v) is 1.76. The van der Waals surface area contributed by atoms with Gasteiger partial charge >= 0.3 is 6.18 Å². The molecule has 66 valence electrons. The van der Waals surface area contributed by atoms with Gasteiger partial charge in [-0.2, -0.15) is 13.2 Å². The Labute approximate surface area is 73.0 Å². The zero-order valence-electron chi connectivity index (χ0n) is 6.24. The summed E-state index contributed by atoms with van der Waals surface area (Å²) in [4.78, 5) is 0. The van der Waals surface area contributed by atoms with Crippen LogP contribution in [0.4, 0.5) is 13.2 Å². The minimum Gasteiger partial charge on any atom is -0.166 e. The van der Waals surface area contributed by atoms with E-state index in [4.69, 9.17) is 11.6 Å². The van der Waals surface area contributed by atoms with Crippen molar-refractivity contribution in [3.63, 3.8) is 0 Å². The molecule has 4 heteroatoms. The Balaban J connectivity index is 3.23. The van der Waals surface area contributed by atoms with Crippen molar-refractivity contribution < 1.29 is 13.2 Å². The van der Waals surface area contributed by atoms with Gasteiger partial charge in [-0.05, 0) is 19.1 Å². The molecule has 0 radical (unpaired) electrons. The minimum atomic E-state index is -4.36. The molecule has 0 aliphatic heterocycles. The van der Waals surface area contributed by atoms with Crippen LogP contribution in [0.5, 0.6) is 0 Å². The summed E-state index contributed by atoms with van der Waals surface area (Å²) >= 11 is 5.36. The molecule has 0 N–H and O–H groups in total. The van der Waals surface area contributed by atoms with Gasteiger partial charge in [0.25, 0.3) is 0 Å². The Kier molecular flexibility index (Phi) is 2.33. The van der Waals surface area contributed by atoms with Gasteiger partial charge in [-0.3, -0.25) is 0 Å². The highest BCUT2D eigenvalue weighted by Gasteiger charge is 2.32. The number of halogens is 4. The summed E-state index contributed by atoms with van der Waals surface area (Å²) < 4.78 is 36.4. The molecule has 0 aromatic heterocycles. The Hall–Kier alpha value is -0.700. The van der Waals surface area contributed by atoms with Crippen LogP contribution in [0.15, 0.2) is 18.2 Å². The zero-order chi connectivity index (χ0) is 9.35. The van der Waals surface area contributed by atoms with Crippen LogP contribution < -0.4 is 0 Å². The summed E-state index contributed by atoms with van der Waals surface area (Å²) in [6.45, 7) is 1.59. The van der Waals surface area contributed by atoms with Crippen LogP contribution in [-0.4, -0.2) is 0 Å². The van der Waals surface area contributed by atoms with Gasteiger partial charge in [0.2, 0.25) is 0 Å². The molecule has 0 bridgehead atoms. The molecule has 1 rings (SSSR count). The van der Waals surface area contributed by atoms with Crippen LogP contribution in [0.3, 0.4) is 0 Å². The normalized spacial score (nSPS) is 11.8. The molecule has 0 amide bonds. The molecule has 1 aromatic rings. The highest BCUT2D eigenvalue weighted by molar-refractivity contribution is 6.31. The Morgan fingerprint density at radius 1 is 1.25 bits per heavy atom. The number of hydrogen-bond donors (Lipinski definition) is 0. The number of alkyl halides is 3. The number of benzene rings is 1. The number of aryl methyl sites for hydroxylation is 1. The Morgan fingerprint density at radius 2 is 1.83 bits per heavy atom. The lowest BCUT2D eigenvalue weighted by atomic mass is 10.1. The first-order valence-corrected chi connectivity index (χ1v) is 3.62. The highest BCUT2D eigenvalue weighted by atomic mass is 35.5. The standard InChI is InChI=1S/C8H6ClF3/c1-5-2-3-7(9)6(4-5)8(10,11)12/h2-4H,1H3. The summed E-state index contributed by atoms with van der Waals surface area (Å²) in [5, 5.41) is -0.256. The van der Waals surface area contributed by atoms with Crippen molar-refractivity contribution in [2.24, 2.45) is 0 Å². The first-order chi connectivity index (χ1) is 5.41. The largest absolute Gasteiger partial charge is 0.417 e. The summed E-state index contributed by atoms with van der Waals surface area (Å²) in [6, 6.07) is 3.82. The molecular formula is C8H6ClF3. The fourth-order valence-electron chi connectivity index (χ4n) is 0.856. The van der Waals surface area contributed by atoms with E-state index in [0.29, 0.717) is 5.56 Å². The van der Waals surface area contributed by atoms with Gasteiger partial charge in [-0.1, -0.05) is 23.2 Å². The van der Waals surface area contributed by atoms with E-state index < -0.39 is 11.7 Å². The summed E-state index contributed by atoms with van der Waals surface area (Å²) in [6.07, 6.45) is -4.36. The van der Waals surface area contributed by atoms with Crippen LogP contribution in [0.2, 0.25) is 5.02 Å². The maximum atomic E-state index is 12.1. The molecule has 0 spiro atoms. The first-order valence-electron chi connectivity index (χ1n) is 3.24. The monoisotopic (exact) mass is 194 g/mol. The second kappa shape index (κ2) is 2.98. The third-order valence-electron chi connectivity index (χ3n) is 1.43. The molecule has 0 aliphatic carbocycles. The van der Waals surface area contributed by atoms with Gasteiger partial charge in [0.05, 0.1) is 10.6 Å². The fourth-order valence-corrected chi connectivity index (χ4v) is 1.08. The average Bonchev–Trinajstić information content (AvgIpc) is 1.92. The quantitative estimate of drug-likeness (QED) is 0.591. The van der Waals surface area contributed by atoms with E-state index >= 15 is 0 Å². The molecule has 0 aliphatic rings. The van der Waals surface area contributed by atoms with Gasteiger partial charge in [0, 0.05) is 0 Å². The maximum Gasteiger partial charge on any atom is 0.417 e. The van der Waals surface area contributed by atoms with Gasteiger partial charge < -0.3 is 0 Å². The molecule has 0 atom stereocenters. The van der Waals surface area contributed by atoms with E-state index in [1.807, 2.05) is 0 Å². The third kappa shape index (κ3) is 1.91. The van der Waals surface area contributed by atoms with Crippen LogP contribution >= 0.6 is 11.6 Å². The Morgan fingerprint density at radius 3 is 2.25 bits per heavy atom. The van der Waals surface area contributed by atoms with Crippen LogP contribution in [0.1, 0.15) is 11.1 Å². The lowest BCUT2D eigenvalue weighted by Crippen LogP contribution is -2.05. The van der Waals surface area contributed by atoms with Crippen molar-refractivity contribution in [1.29, 1.82) is 0 Å². The second-order valence-electron chi connectivity index (χ2n) is 2.48. The lowest BCUT2D eigenvalue weighted by molar-refractivity contribution is -0.137. The van der Waals surface area contributed by atoms with E-state index in [0.717, 1.165) is 6.07 Å². The maximum absolute atomic E-state index is 12.1. The zero-order valence-corrected chi connectivity index (χ0v) is 7.00. The highest BCUT2D eigenvalue weighted by Crippen LogP contribution is 2.34. The van der Waals surface area contributed by atoms with Crippen LogP contribution in [-0.2, 0) is 6.18 Å². The molecule has 0 fully saturated rings. The molecule has 0 saturated heterocycles. The van der Waals surface area contributed by atoms with Gasteiger partial charge in [0.1, 0.15) is 0 Å². The molecule has 0 heterocycles. The van der Waals surface area contributed by atoms with Crippen molar-refractivity contribution in [3.05, 3.63) is 34.3 Å². The molecule has 1 aromatic carbocycles. The first kappa shape index (κ1) is 9.39. The fraction of sp³-hybridized carbons (Fsp3) is 0.250. The molecule has 0 unspecified atom stereocenters. The smallest absolute Gasteiger partial charge is 0.166 e. The number of rotatable bonds is 0. The van der Waals surface area contributed by atoms with Gasteiger partial charge in [-0.25, -0.2) is 0 Å². The van der Waals surface area contributed by atoms with Crippen molar-refractivity contribution in [1.82, 2.24) is 0 Å². The van der Waals surface area contributed by atoms with E-state index in [1.54, 1.807) is 6.92 Å². The predicted molar refractivity (Wildman–Crippen MR) is 41.2 cm³/mol. The van der Waals surface area contributed by atoms with Crippen molar-refractivity contribution in [3.8, 4) is 0 Å². The average molecular weight is 195 g/mol. The van der Waals surface area contributed by atoms with Crippen molar-refractivity contribution >= 4 is 11.6 Å². The summed E-state index contributed by atoms with van der Waals surface area (Å²) in [5.41, 5.74) is -0.226. The molecule has 12 heavy (non-hydrogen) atoms. The van der Waals surface area contributed by atoms with Crippen molar-refractivity contribution in [2.45, 2.75) is 13.1 Å². The Bertz CT molecular complexity index is 291. The van der Waals surface area contributed by atoms with E-state index in [1.165, 1.54) is 12.1 Å². The topological polar surface area (TPSA) is 0 Å². The SMILES string of the molecule is Cc1ccc(Cl)c(C(F)(F)F)c1. The molecular weight excluding hydrogens is 189 g/mol.